The Bertz CT molecular complexity index is 1700. The van der Waals surface area contributed by atoms with Gasteiger partial charge in [-0.3, -0.25) is 4.79 Å². The smallest absolute Gasteiger partial charge is 0.407 e. The number of aromatic nitrogens is 4. The zero-order valence-corrected chi connectivity index (χ0v) is 25.7. The molecule has 1 N–H and O–H groups in total. The van der Waals surface area contributed by atoms with Crippen molar-refractivity contribution in [1.29, 1.82) is 0 Å². The number of hydrogen-bond acceptors (Lipinski definition) is 6. The SMILES string of the molecule is COc1cc(C(=O)N2CCC[C@@H](NC(=O)OC(C)(C)C)[C@H]2C)cc2nc(-c3cc4ccc(Cl)nc4n3C3CC3)n(C)c12. The van der Waals surface area contributed by atoms with Crippen LogP contribution in [0.3, 0.4) is 0 Å². The van der Waals surface area contributed by atoms with Gasteiger partial charge in [-0.2, -0.15) is 0 Å². The molecule has 3 aromatic heterocycles. The van der Waals surface area contributed by atoms with E-state index in [1.54, 1.807) is 19.2 Å². The van der Waals surface area contributed by atoms with Crippen LogP contribution in [0.25, 0.3) is 33.6 Å². The molecule has 0 spiro atoms. The summed E-state index contributed by atoms with van der Waals surface area (Å²) >= 11 is 6.26. The van der Waals surface area contributed by atoms with E-state index >= 15 is 0 Å². The van der Waals surface area contributed by atoms with Crippen molar-refractivity contribution in [3.63, 3.8) is 0 Å². The number of fused-ring (bicyclic) bond motifs is 2. The van der Waals surface area contributed by atoms with Gasteiger partial charge >= 0.3 is 6.09 Å². The van der Waals surface area contributed by atoms with Crippen LogP contribution in [0.15, 0.2) is 30.3 Å². The van der Waals surface area contributed by atoms with E-state index in [0.29, 0.717) is 34.6 Å². The van der Waals surface area contributed by atoms with Crippen LogP contribution in [0, 0.1) is 0 Å². The Morgan fingerprint density at radius 2 is 1.86 bits per heavy atom. The molecule has 2 aliphatic rings. The van der Waals surface area contributed by atoms with Crippen molar-refractivity contribution >= 4 is 45.7 Å². The predicted octanol–water partition coefficient (Wildman–Crippen LogP) is 6.10. The van der Waals surface area contributed by atoms with Crippen LogP contribution in [-0.2, 0) is 11.8 Å². The molecule has 0 radical (unpaired) electrons. The lowest BCUT2D eigenvalue weighted by Gasteiger charge is -2.39. The van der Waals surface area contributed by atoms with Crippen LogP contribution < -0.4 is 10.1 Å². The number of nitrogens with one attached hydrogen (secondary N) is 1. The summed E-state index contributed by atoms with van der Waals surface area (Å²) in [5, 5.41) is 4.43. The summed E-state index contributed by atoms with van der Waals surface area (Å²) in [6, 6.07) is 9.43. The van der Waals surface area contributed by atoms with E-state index in [2.05, 4.69) is 20.9 Å². The first kappa shape index (κ1) is 28.3. The fraction of sp³-hybridized carbons (Fsp3) is 0.484. The van der Waals surface area contributed by atoms with Gasteiger partial charge in [-0.15, -0.1) is 0 Å². The fourth-order valence-electron chi connectivity index (χ4n) is 6.01. The Kier molecular flexibility index (Phi) is 7.07. The third kappa shape index (κ3) is 5.17. The molecule has 2 atom stereocenters. The van der Waals surface area contributed by atoms with Crippen molar-refractivity contribution < 1.29 is 19.1 Å². The van der Waals surface area contributed by atoms with Crippen LogP contribution >= 0.6 is 11.6 Å². The number of piperidine rings is 1. The van der Waals surface area contributed by atoms with Crippen molar-refractivity contribution in [3.8, 4) is 17.3 Å². The van der Waals surface area contributed by atoms with Crippen LogP contribution in [-0.4, -0.2) is 67.3 Å². The Labute approximate surface area is 249 Å². The summed E-state index contributed by atoms with van der Waals surface area (Å²) in [6.45, 7) is 8.05. The van der Waals surface area contributed by atoms with Crippen LogP contribution in [0.4, 0.5) is 4.79 Å². The molecule has 2 amide bonds. The fourth-order valence-corrected chi connectivity index (χ4v) is 6.16. The van der Waals surface area contributed by atoms with Gasteiger partial charge < -0.3 is 28.8 Å². The number of pyridine rings is 1. The lowest BCUT2D eigenvalue weighted by Crippen LogP contribution is -2.56. The summed E-state index contributed by atoms with van der Waals surface area (Å²) in [6.07, 6.45) is 3.22. The second-order valence-corrected chi connectivity index (χ2v) is 12.7. The molecule has 1 aromatic carbocycles. The number of nitrogens with zero attached hydrogens (tertiary/aromatic N) is 5. The minimum Gasteiger partial charge on any atom is -0.494 e. The minimum atomic E-state index is -0.596. The highest BCUT2D eigenvalue weighted by Gasteiger charge is 2.35. The molecule has 2 fully saturated rings. The number of carbonyl (C=O) groups is 2. The number of rotatable bonds is 5. The van der Waals surface area contributed by atoms with Gasteiger partial charge in [0.15, 0.2) is 5.82 Å². The standard InChI is InChI=1S/C31H37ClN6O4/c1-17-21(34-30(40)42-31(2,3)4)8-7-13-37(17)29(39)19-14-22-26(24(16-19)41-6)36(5)28(33-22)23-15-18-9-12-25(32)35-27(18)38(23)20-10-11-20/h9,12,14-17,20-21H,7-8,10-11,13H2,1-6H3,(H,34,40)/t17-,21-/m1/s1. The molecule has 6 rings (SSSR count). The molecule has 42 heavy (non-hydrogen) atoms. The highest BCUT2D eigenvalue weighted by Crippen LogP contribution is 2.43. The van der Waals surface area contributed by atoms with Crippen LogP contribution in [0.1, 0.15) is 69.8 Å². The second kappa shape index (κ2) is 10.5. The summed E-state index contributed by atoms with van der Waals surface area (Å²) in [5.74, 6) is 1.21. The van der Waals surface area contributed by atoms with E-state index in [1.807, 2.05) is 56.3 Å². The van der Waals surface area contributed by atoms with Crippen molar-refractivity contribution in [2.45, 2.75) is 77.1 Å². The molecule has 1 aliphatic heterocycles. The number of methoxy groups -OCH3 is 1. The van der Waals surface area contributed by atoms with Crippen molar-refractivity contribution in [1.82, 2.24) is 29.3 Å². The first-order valence-corrected chi connectivity index (χ1v) is 14.9. The number of ether oxygens (including phenoxy) is 2. The number of alkyl carbamates (subject to hydrolysis) is 1. The van der Waals surface area contributed by atoms with Gasteiger partial charge in [0.05, 0.1) is 24.4 Å². The average molecular weight is 593 g/mol. The number of likely N-dealkylation sites (tertiary alicyclic amines) is 1. The monoisotopic (exact) mass is 592 g/mol. The van der Waals surface area contributed by atoms with Gasteiger partial charge in [0.1, 0.15) is 27.7 Å². The predicted molar refractivity (Wildman–Crippen MR) is 162 cm³/mol. The zero-order chi connectivity index (χ0) is 29.9. The van der Waals surface area contributed by atoms with Gasteiger partial charge in [0.25, 0.3) is 5.91 Å². The molecule has 4 aromatic rings. The average Bonchev–Trinajstić information content (AvgIpc) is 3.62. The molecule has 4 heterocycles. The lowest BCUT2D eigenvalue weighted by atomic mass is 9.96. The summed E-state index contributed by atoms with van der Waals surface area (Å²) in [4.78, 5) is 37.8. The maximum Gasteiger partial charge on any atom is 0.407 e. The first-order chi connectivity index (χ1) is 19.9. The van der Waals surface area contributed by atoms with Gasteiger partial charge in [-0.1, -0.05) is 11.6 Å². The van der Waals surface area contributed by atoms with Gasteiger partial charge in [-0.25, -0.2) is 14.8 Å². The third-order valence-electron chi connectivity index (χ3n) is 8.14. The van der Waals surface area contributed by atoms with E-state index < -0.39 is 11.7 Å². The Hall–Kier alpha value is -3.79. The molecule has 1 aliphatic carbocycles. The Balaban J connectivity index is 1.35. The molecule has 0 bridgehead atoms. The minimum absolute atomic E-state index is 0.128. The summed E-state index contributed by atoms with van der Waals surface area (Å²) in [7, 11) is 3.57. The van der Waals surface area contributed by atoms with E-state index in [-0.39, 0.29) is 18.0 Å². The number of imidazole rings is 1. The van der Waals surface area contributed by atoms with E-state index in [0.717, 1.165) is 53.8 Å². The summed E-state index contributed by atoms with van der Waals surface area (Å²) < 4.78 is 15.5. The van der Waals surface area contributed by atoms with E-state index in [9.17, 15) is 9.59 Å². The number of halogens is 1. The molecular weight excluding hydrogens is 556 g/mol. The molecule has 10 nitrogen and oxygen atoms in total. The molecule has 1 saturated carbocycles. The highest BCUT2D eigenvalue weighted by atomic mass is 35.5. The Morgan fingerprint density at radius 3 is 2.55 bits per heavy atom. The van der Waals surface area contributed by atoms with E-state index in [1.165, 1.54) is 0 Å². The normalized spacial score (nSPS) is 19.4. The number of hydrogen-bond donors (Lipinski definition) is 1. The number of aryl methyl sites for hydroxylation is 1. The van der Waals surface area contributed by atoms with Crippen LogP contribution in [0.5, 0.6) is 5.75 Å². The van der Waals surface area contributed by atoms with Gasteiger partial charge in [0, 0.05) is 36.6 Å². The molecular formula is C31H37ClN6O4. The number of carbonyl (C=O) groups excluding carboxylic acids is 2. The third-order valence-corrected chi connectivity index (χ3v) is 8.36. The number of amides is 2. The maximum absolute atomic E-state index is 13.9. The lowest BCUT2D eigenvalue weighted by molar-refractivity contribution is 0.0385. The van der Waals surface area contributed by atoms with Crippen molar-refractivity contribution in [2.75, 3.05) is 13.7 Å². The van der Waals surface area contributed by atoms with E-state index in [4.69, 9.17) is 26.1 Å². The molecule has 1 saturated heterocycles. The largest absolute Gasteiger partial charge is 0.494 e. The molecule has 0 unspecified atom stereocenters. The Morgan fingerprint density at radius 1 is 1.10 bits per heavy atom. The summed E-state index contributed by atoms with van der Waals surface area (Å²) in [5.41, 5.74) is 3.17. The quantitative estimate of drug-likeness (QED) is 0.281. The van der Waals surface area contributed by atoms with Gasteiger partial charge in [-0.05, 0) is 83.7 Å². The van der Waals surface area contributed by atoms with Gasteiger partial charge in [0.2, 0.25) is 0 Å². The molecule has 11 heteroatoms. The topological polar surface area (TPSA) is 104 Å². The van der Waals surface area contributed by atoms with Crippen LogP contribution in [0.2, 0.25) is 5.15 Å². The first-order valence-electron chi connectivity index (χ1n) is 14.5. The van der Waals surface area contributed by atoms with Crippen molar-refractivity contribution in [2.24, 2.45) is 7.05 Å². The van der Waals surface area contributed by atoms with Crippen molar-refractivity contribution in [3.05, 3.63) is 41.0 Å². The highest BCUT2D eigenvalue weighted by molar-refractivity contribution is 6.29. The molecule has 222 valence electrons. The zero-order valence-electron chi connectivity index (χ0n) is 24.9. The maximum atomic E-state index is 13.9. The second-order valence-electron chi connectivity index (χ2n) is 12.4. The number of benzene rings is 1.